The summed E-state index contributed by atoms with van der Waals surface area (Å²) in [6.45, 7) is 3.91. The molecule has 1 amide bonds. The first-order valence-electron chi connectivity index (χ1n) is 6.25. The van der Waals surface area contributed by atoms with Crippen LogP contribution in [0.15, 0.2) is 28.7 Å². The van der Waals surface area contributed by atoms with Crippen molar-refractivity contribution in [1.29, 1.82) is 0 Å². The summed E-state index contributed by atoms with van der Waals surface area (Å²) in [4.78, 5) is 14.4. The van der Waals surface area contributed by atoms with Gasteiger partial charge in [0.05, 0.1) is 0 Å². The van der Waals surface area contributed by atoms with Crippen LogP contribution in [0.1, 0.15) is 36.5 Å². The molecule has 0 aromatic heterocycles. The van der Waals surface area contributed by atoms with E-state index in [1.165, 1.54) is 12.8 Å². The van der Waals surface area contributed by atoms with E-state index in [0.717, 1.165) is 35.5 Å². The molecule has 2 rings (SSSR count). The van der Waals surface area contributed by atoms with Gasteiger partial charge in [-0.15, -0.1) is 0 Å². The Morgan fingerprint density at radius 2 is 2.24 bits per heavy atom. The molecule has 1 fully saturated rings. The lowest BCUT2D eigenvalue weighted by Crippen LogP contribution is -2.33. The minimum atomic E-state index is 0.167. The number of nitrogens with zero attached hydrogens (tertiary/aromatic N) is 1. The van der Waals surface area contributed by atoms with Crippen LogP contribution < -0.4 is 0 Å². The quantitative estimate of drug-likeness (QED) is 0.811. The molecular weight excluding hydrogens is 278 g/mol. The van der Waals surface area contributed by atoms with Crippen LogP contribution in [0.5, 0.6) is 0 Å². The molecule has 1 saturated carbocycles. The average Bonchev–Trinajstić information content (AvgIpc) is 3.11. The monoisotopic (exact) mass is 295 g/mol. The number of hydrogen-bond acceptors (Lipinski definition) is 1. The van der Waals surface area contributed by atoms with Gasteiger partial charge in [0.25, 0.3) is 5.91 Å². The van der Waals surface area contributed by atoms with Crippen molar-refractivity contribution in [2.45, 2.75) is 26.2 Å². The molecule has 0 aliphatic heterocycles. The fourth-order valence-corrected chi connectivity index (χ4v) is 2.36. The molecule has 3 heteroatoms. The highest BCUT2D eigenvalue weighted by Crippen LogP contribution is 2.30. The van der Waals surface area contributed by atoms with Gasteiger partial charge in [0.1, 0.15) is 0 Å². The second kappa shape index (κ2) is 5.67. The van der Waals surface area contributed by atoms with Crippen LogP contribution in [0.3, 0.4) is 0 Å². The Hall–Kier alpha value is -0.830. The van der Waals surface area contributed by atoms with E-state index < -0.39 is 0 Å². The fourth-order valence-electron chi connectivity index (χ4n) is 1.96. The molecule has 0 bridgehead atoms. The second-order valence-electron chi connectivity index (χ2n) is 4.70. The summed E-state index contributed by atoms with van der Waals surface area (Å²) in [6.07, 6.45) is 3.59. The van der Waals surface area contributed by atoms with Crippen LogP contribution >= 0.6 is 15.9 Å². The first-order valence-corrected chi connectivity index (χ1v) is 7.05. The molecule has 1 aliphatic rings. The highest BCUT2D eigenvalue weighted by atomic mass is 79.9. The number of hydrogen-bond donors (Lipinski definition) is 0. The highest BCUT2D eigenvalue weighted by Gasteiger charge is 2.26. The number of carbonyl (C=O) groups is 1. The first-order chi connectivity index (χ1) is 8.20. The zero-order valence-corrected chi connectivity index (χ0v) is 11.7. The molecule has 2 nitrogen and oxygen atoms in total. The van der Waals surface area contributed by atoms with Gasteiger partial charge in [-0.2, -0.15) is 0 Å². The Kier molecular flexibility index (Phi) is 4.21. The first kappa shape index (κ1) is 12.6. The van der Waals surface area contributed by atoms with Gasteiger partial charge < -0.3 is 4.90 Å². The third kappa shape index (κ3) is 3.56. The summed E-state index contributed by atoms with van der Waals surface area (Å²) in [7, 11) is 0. The SMILES string of the molecule is CCCN(CC1CC1)C(=O)c1cccc(Br)c1. The minimum Gasteiger partial charge on any atom is -0.338 e. The van der Waals surface area contributed by atoms with Crippen molar-refractivity contribution in [2.24, 2.45) is 5.92 Å². The van der Waals surface area contributed by atoms with Gasteiger partial charge >= 0.3 is 0 Å². The molecule has 0 spiro atoms. The van der Waals surface area contributed by atoms with E-state index in [4.69, 9.17) is 0 Å². The summed E-state index contributed by atoms with van der Waals surface area (Å²) in [5.74, 6) is 0.915. The number of halogens is 1. The number of benzene rings is 1. The Morgan fingerprint density at radius 3 is 2.82 bits per heavy atom. The Labute approximate surface area is 111 Å². The van der Waals surface area contributed by atoms with Gasteiger partial charge in [-0.3, -0.25) is 4.79 Å². The summed E-state index contributed by atoms with van der Waals surface area (Å²) in [6, 6.07) is 7.65. The van der Waals surface area contributed by atoms with Crippen molar-refractivity contribution in [3.8, 4) is 0 Å². The van der Waals surface area contributed by atoms with Gasteiger partial charge in [-0.25, -0.2) is 0 Å². The van der Waals surface area contributed by atoms with Crippen LogP contribution in [0, 0.1) is 5.92 Å². The largest absolute Gasteiger partial charge is 0.338 e. The molecule has 1 aromatic rings. The Balaban J connectivity index is 2.08. The average molecular weight is 296 g/mol. The van der Waals surface area contributed by atoms with Crippen molar-refractivity contribution in [1.82, 2.24) is 4.90 Å². The summed E-state index contributed by atoms with van der Waals surface area (Å²) in [5, 5.41) is 0. The van der Waals surface area contributed by atoms with Crippen LogP contribution in [0.4, 0.5) is 0 Å². The molecule has 0 radical (unpaired) electrons. The van der Waals surface area contributed by atoms with Gasteiger partial charge in [-0.1, -0.05) is 28.9 Å². The molecule has 1 aromatic carbocycles. The topological polar surface area (TPSA) is 20.3 Å². The van der Waals surface area contributed by atoms with E-state index in [1.54, 1.807) is 0 Å². The zero-order valence-electron chi connectivity index (χ0n) is 10.2. The second-order valence-corrected chi connectivity index (χ2v) is 5.62. The van der Waals surface area contributed by atoms with E-state index >= 15 is 0 Å². The van der Waals surface area contributed by atoms with Gasteiger partial charge in [0.2, 0.25) is 0 Å². The Morgan fingerprint density at radius 1 is 1.47 bits per heavy atom. The molecule has 0 atom stereocenters. The normalized spacial score (nSPS) is 14.7. The number of amides is 1. The lowest BCUT2D eigenvalue weighted by atomic mass is 10.2. The lowest BCUT2D eigenvalue weighted by Gasteiger charge is -2.22. The minimum absolute atomic E-state index is 0.167. The van der Waals surface area contributed by atoms with Crippen molar-refractivity contribution in [3.63, 3.8) is 0 Å². The number of carbonyl (C=O) groups excluding carboxylic acids is 1. The summed E-state index contributed by atoms with van der Waals surface area (Å²) < 4.78 is 0.964. The van der Waals surface area contributed by atoms with Crippen molar-refractivity contribution in [3.05, 3.63) is 34.3 Å². The van der Waals surface area contributed by atoms with E-state index in [1.807, 2.05) is 29.2 Å². The van der Waals surface area contributed by atoms with Crippen LogP contribution in [0.25, 0.3) is 0 Å². The van der Waals surface area contributed by atoms with E-state index in [9.17, 15) is 4.79 Å². The molecule has 17 heavy (non-hydrogen) atoms. The van der Waals surface area contributed by atoms with Crippen LogP contribution in [-0.2, 0) is 0 Å². The van der Waals surface area contributed by atoms with E-state index in [0.29, 0.717) is 0 Å². The standard InChI is InChI=1S/C14H18BrNO/c1-2-8-16(10-11-6-7-11)14(17)12-4-3-5-13(15)9-12/h3-5,9,11H,2,6-8,10H2,1H3. The van der Waals surface area contributed by atoms with Crippen molar-refractivity contribution >= 4 is 21.8 Å². The van der Waals surface area contributed by atoms with Crippen LogP contribution in [0.2, 0.25) is 0 Å². The molecular formula is C14H18BrNO. The molecule has 1 aliphatic carbocycles. The maximum absolute atomic E-state index is 12.4. The summed E-state index contributed by atoms with van der Waals surface area (Å²) in [5.41, 5.74) is 0.786. The molecule has 0 saturated heterocycles. The van der Waals surface area contributed by atoms with E-state index in [2.05, 4.69) is 22.9 Å². The maximum atomic E-state index is 12.4. The molecule has 0 N–H and O–H groups in total. The smallest absolute Gasteiger partial charge is 0.253 e. The van der Waals surface area contributed by atoms with Gasteiger partial charge in [0.15, 0.2) is 0 Å². The zero-order chi connectivity index (χ0) is 12.3. The van der Waals surface area contributed by atoms with Gasteiger partial charge in [0, 0.05) is 23.1 Å². The van der Waals surface area contributed by atoms with Gasteiger partial charge in [-0.05, 0) is 43.4 Å². The third-order valence-corrected chi connectivity index (χ3v) is 3.52. The lowest BCUT2D eigenvalue weighted by molar-refractivity contribution is 0.0747. The maximum Gasteiger partial charge on any atom is 0.253 e. The Bertz CT molecular complexity index is 401. The fraction of sp³-hybridized carbons (Fsp3) is 0.500. The molecule has 0 heterocycles. The molecule has 92 valence electrons. The van der Waals surface area contributed by atoms with Crippen LogP contribution in [-0.4, -0.2) is 23.9 Å². The predicted molar refractivity (Wildman–Crippen MR) is 73.1 cm³/mol. The van der Waals surface area contributed by atoms with Crippen molar-refractivity contribution < 1.29 is 4.79 Å². The number of rotatable bonds is 5. The van der Waals surface area contributed by atoms with Crippen molar-refractivity contribution in [2.75, 3.05) is 13.1 Å². The highest BCUT2D eigenvalue weighted by molar-refractivity contribution is 9.10. The molecule has 0 unspecified atom stereocenters. The summed E-state index contributed by atoms with van der Waals surface area (Å²) >= 11 is 3.41. The predicted octanol–water partition coefficient (Wildman–Crippen LogP) is 3.71. The third-order valence-electron chi connectivity index (χ3n) is 3.03. The van der Waals surface area contributed by atoms with E-state index in [-0.39, 0.29) is 5.91 Å².